The summed E-state index contributed by atoms with van der Waals surface area (Å²) in [6.07, 6.45) is 0.615. The number of aliphatic hydroxyl groups is 1. The van der Waals surface area contributed by atoms with Crippen molar-refractivity contribution in [2.45, 2.75) is 17.9 Å². The summed E-state index contributed by atoms with van der Waals surface area (Å²) in [6.45, 7) is 5.05. The molecule has 1 unspecified atom stereocenters. The third-order valence-corrected chi connectivity index (χ3v) is 6.59. The number of sulfone groups is 1. The van der Waals surface area contributed by atoms with Gasteiger partial charge >= 0.3 is 0 Å². The average Bonchev–Trinajstić information content (AvgIpc) is 2.98. The Balaban J connectivity index is 1.52. The van der Waals surface area contributed by atoms with Gasteiger partial charge in [0.05, 0.1) is 17.6 Å². The predicted octanol–water partition coefficient (Wildman–Crippen LogP) is 3.42. The summed E-state index contributed by atoms with van der Waals surface area (Å²) >= 11 is 6.01. The normalized spacial score (nSPS) is 21.6. The van der Waals surface area contributed by atoms with Crippen LogP contribution in [-0.4, -0.2) is 50.9 Å². The molecule has 1 saturated heterocycles. The van der Waals surface area contributed by atoms with E-state index in [1.54, 1.807) is 36.4 Å². The summed E-state index contributed by atoms with van der Waals surface area (Å²) in [6, 6.07) is 13.8. The number of rotatable bonds is 7. The van der Waals surface area contributed by atoms with E-state index >= 15 is 0 Å². The predicted molar refractivity (Wildman–Crippen MR) is 111 cm³/mol. The number of ether oxygens (including phenoxy) is 1. The van der Waals surface area contributed by atoms with Gasteiger partial charge < -0.3 is 9.84 Å². The van der Waals surface area contributed by atoms with E-state index in [0.29, 0.717) is 35.8 Å². The fourth-order valence-corrected chi connectivity index (χ4v) is 4.39. The Kier molecular flexibility index (Phi) is 6.65. The minimum Gasteiger partial charge on any atom is -0.493 e. The molecule has 152 valence electrons. The van der Waals surface area contributed by atoms with Crippen LogP contribution in [0.4, 0.5) is 0 Å². The second kappa shape index (κ2) is 8.82. The highest BCUT2D eigenvalue weighted by Crippen LogP contribution is 2.27. The number of hydrogen-bond acceptors (Lipinski definition) is 5. The van der Waals surface area contributed by atoms with Crippen molar-refractivity contribution < 1.29 is 18.3 Å². The number of hydrogen-bond donors (Lipinski definition) is 1. The zero-order valence-corrected chi connectivity index (χ0v) is 17.7. The molecule has 0 spiro atoms. The Morgan fingerprint density at radius 1 is 1.21 bits per heavy atom. The zero-order chi connectivity index (χ0) is 20.3. The minimum absolute atomic E-state index is 0.287. The third kappa shape index (κ3) is 5.47. The highest BCUT2D eigenvalue weighted by Gasteiger charge is 2.31. The minimum atomic E-state index is -3.20. The van der Waals surface area contributed by atoms with Crippen molar-refractivity contribution in [2.75, 3.05) is 32.5 Å². The molecule has 0 saturated carbocycles. The molecule has 1 N–H and O–H groups in total. The number of aliphatic hydroxyl groups excluding tert-OH is 1. The summed E-state index contributed by atoms with van der Waals surface area (Å²) in [7, 11) is -3.20. The Morgan fingerprint density at radius 2 is 1.93 bits per heavy atom. The van der Waals surface area contributed by atoms with E-state index in [0.717, 1.165) is 18.7 Å². The van der Waals surface area contributed by atoms with Gasteiger partial charge in [-0.3, -0.25) is 4.90 Å². The first-order valence-electron chi connectivity index (χ1n) is 9.31. The van der Waals surface area contributed by atoms with Gasteiger partial charge in [-0.25, -0.2) is 8.42 Å². The first-order valence-corrected chi connectivity index (χ1v) is 11.6. The van der Waals surface area contributed by atoms with Crippen molar-refractivity contribution in [1.29, 1.82) is 0 Å². The molecule has 3 rings (SSSR count). The van der Waals surface area contributed by atoms with Gasteiger partial charge in [0.25, 0.3) is 0 Å². The fraction of sp³-hybridized carbons (Fsp3) is 0.429. The maximum absolute atomic E-state index is 11.5. The second-order valence-corrected chi connectivity index (χ2v) is 10.0. The SMILES string of the molecule is C[C@@H]1CN(CC(O)c2cccc(Cl)c2)C[C@H]1COc1ccc(S(C)(=O)=O)cc1. The van der Waals surface area contributed by atoms with Gasteiger partial charge in [0, 0.05) is 36.8 Å². The molecule has 5 nitrogen and oxygen atoms in total. The smallest absolute Gasteiger partial charge is 0.175 e. The van der Waals surface area contributed by atoms with Crippen molar-refractivity contribution in [1.82, 2.24) is 4.90 Å². The van der Waals surface area contributed by atoms with Crippen molar-refractivity contribution in [2.24, 2.45) is 11.8 Å². The van der Waals surface area contributed by atoms with Gasteiger partial charge in [-0.2, -0.15) is 0 Å². The average molecular weight is 424 g/mol. The van der Waals surface area contributed by atoms with Crippen LogP contribution in [0.3, 0.4) is 0 Å². The monoisotopic (exact) mass is 423 g/mol. The second-order valence-electron chi connectivity index (χ2n) is 7.58. The highest BCUT2D eigenvalue weighted by molar-refractivity contribution is 7.90. The third-order valence-electron chi connectivity index (χ3n) is 5.22. The van der Waals surface area contributed by atoms with Crippen molar-refractivity contribution in [3.8, 4) is 5.75 Å². The zero-order valence-electron chi connectivity index (χ0n) is 16.1. The van der Waals surface area contributed by atoms with Crippen LogP contribution < -0.4 is 4.74 Å². The summed E-state index contributed by atoms with van der Waals surface area (Å²) < 4.78 is 28.9. The lowest BCUT2D eigenvalue weighted by molar-refractivity contribution is 0.121. The van der Waals surface area contributed by atoms with Gasteiger partial charge in [-0.05, 0) is 47.9 Å². The molecule has 0 bridgehead atoms. The molecule has 1 heterocycles. The summed E-state index contributed by atoms with van der Waals surface area (Å²) in [5.41, 5.74) is 0.825. The Bertz CT molecular complexity index is 901. The van der Waals surface area contributed by atoms with E-state index in [-0.39, 0.29) is 4.90 Å². The van der Waals surface area contributed by atoms with E-state index in [2.05, 4.69) is 11.8 Å². The van der Waals surface area contributed by atoms with Crippen LogP contribution in [0.25, 0.3) is 0 Å². The van der Waals surface area contributed by atoms with Gasteiger partial charge in [0.2, 0.25) is 0 Å². The van der Waals surface area contributed by atoms with Crippen LogP contribution in [0, 0.1) is 11.8 Å². The maximum atomic E-state index is 11.5. The Labute approximate surface area is 171 Å². The molecule has 1 aliphatic heterocycles. The topological polar surface area (TPSA) is 66.8 Å². The molecule has 0 aliphatic carbocycles. The summed E-state index contributed by atoms with van der Waals surface area (Å²) in [4.78, 5) is 2.53. The van der Waals surface area contributed by atoms with E-state index < -0.39 is 15.9 Å². The van der Waals surface area contributed by atoms with Crippen molar-refractivity contribution in [3.63, 3.8) is 0 Å². The van der Waals surface area contributed by atoms with Crippen LogP contribution >= 0.6 is 11.6 Å². The molecule has 0 aromatic heterocycles. The van der Waals surface area contributed by atoms with Crippen LogP contribution in [-0.2, 0) is 9.84 Å². The molecule has 1 aliphatic rings. The molecule has 1 fully saturated rings. The van der Waals surface area contributed by atoms with Gasteiger partial charge in [-0.15, -0.1) is 0 Å². The standard InChI is InChI=1S/C21H26ClNO4S/c1-15-11-23(13-21(24)16-4-3-5-18(22)10-16)12-17(15)14-27-19-6-8-20(9-7-19)28(2,25)26/h3-10,15,17,21,24H,11-14H2,1-2H3/t15-,17+,21?/m1/s1. The van der Waals surface area contributed by atoms with Crippen LogP contribution in [0.2, 0.25) is 5.02 Å². The van der Waals surface area contributed by atoms with E-state index in [1.165, 1.54) is 6.26 Å². The summed E-state index contributed by atoms with van der Waals surface area (Å²) in [5, 5.41) is 11.1. The van der Waals surface area contributed by atoms with Crippen molar-refractivity contribution >= 4 is 21.4 Å². The molecular formula is C21H26ClNO4S. The van der Waals surface area contributed by atoms with Gasteiger partial charge in [0.1, 0.15) is 5.75 Å². The molecule has 3 atom stereocenters. The number of benzene rings is 2. The van der Waals surface area contributed by atoms with Crippen LogP contribution in [0.1, 0.15) is 18.6 Å². The van der Waals surface area contributed by atoms with Crippen LogP contribution in [0.5, 0.6) is 5.75 Å². The largest absolute Gasteiger partial charge is 0.493 e. The lowest BCUT2D eigenvalue weighted by atomic mass is 9.99. The lowest BCUT2D eigenvalue weighted by Crippen LogP contribution is -2.27. The molecule has 0 radical (unpaired) electrons. The molecule has 0 amide bonds. The molecular weight excluding hydrogens is 398 g/mol. The quantitative estimate of drug-likeness (QED) is 0.739. The van der Waals surface area contributed by atoms with E-state index in [1.807, 2.05) is 12.1 Å². The number of nitrogens with zero attached hydrogens (tertiary/aromatic N) is 1. The molecule has 7 heteroatoms. The summed E-state index contributed by atoms with van der Waals surface area (Å²) in [5.74, 6) is 1.46. The molecule has 2 aromatic rings. The number of likely N-dealkylation sites (tertiary alicyclic amines) is 1. The molecule has 28 heavy (non-hydrogen) atoms. The first-order chi connectivity index (χ1) is 13.2. The number of β-amino-alcohol motifs (C(OH)–C–C–N with tert-alkyl or cyclic N) is 1. The first kappa shape index (κ1) is 21.1. The Morgan fingerprint density at radius 3 is 2.57 bits per heavy atom. The molecule has 2 aromatic carbocycles. The van der Waals surface area contributed by atoms with Gasteiger partial charge in [0.15, 0.2) is 9.84 Å². The van der Waals surface area contributed by atoms with Crippen molar-refractivity contribution in [3.05, 3.63) is 59.1 Å². The fourth-order valence-electron chi connectivity index (χ4n) is 3.56. The van der Waals surface area contributed by atoms with Gasteiger partial charge in [-0.1, -0.05) is 30.7 Å². The van der Waals surface area contributed by atoms with E-state index in [9.17, 15) is 13.5 Å². The lowest BCUT2D eigenvalue weighted by Gasteiger charge is -2.20. The Hall–Kier alpha value is -1.60. The van der Waals surface area contributed by atoms with E-state index in [4.69, 9.17) is 16.3 Å². The maximum Gasteiger partial charge on any atom is 0.175 e. The highest BCUT2D eigenvalue weighted by atomic mass is 35.5. The van der Waals surface area contributed by atoms with Crippen LogP contribution in [0.15, 0.2) is 53.4 Å². The number of halogens is 1.